The number of rotatable bonds is 1. The summed E-state index contributed by atoms with van der Waals surface area (Å²) < 4.78 is 31.6. The Morgan fingerprint density at radius 3 is 2.37 bits per heavy atom. The molecule has 0 saturated heterocycles. The molecule has 0 radical (unpaired) electrons. The minimum Gasteiger partial charge on any atom is -0.497 e. The predicted molar refractivity (Wildman–Crippen MR) is 73.0 cm³/mol. The average molecular weight is 323 g/mol. The van der Waals surface area contributed by atoms with Crippen molar-refractivity contribution in [3.05, 3.63) is 63.6 Å². The summed E-state index contributed by atoms with van der Waals surface area (Å²) in [6.07, 6.45) is 0. The lowest BCUT2D eigenvalue weighted by atomic mass is 10.1. The maximum Gasteiger partial charge on any atom is 0.141 e. The lowest BCUT2D eigenvalue weighted by Gasteiger charge is -1.99. The molecule has 2 rings (SSSR count). The summed E-state index contributed by atoms with van der Waals surface area (Å²) in [7, 11) is 1.58. The molecule has 0 aliphatic heterocycles. The van der Waals surface area contributed by atoms with E-state index >= 15 is 0 Å². The van der Waals surface area contributed by atoms with Crippen molar-refractivity contribution in [1.82, 2.24) is 0 Å². The van der Waals surface area contributed by atoms with Gasteiger partial charge in [0.25, 0.3) is 0 Å². The van der Waals surface area contributed by atoms with Crippen LogP contribution >= 0.6 is 15.9 Å². The fraction of sp³-hybridized carbons (Fsp3) is 0.0667. The molecule has 0 N–H and O–H groups in total. The Morgan fingerprint density at radius 1 is 1.05 bits per heavy atom. The summed E-state index contributed by atoms with van der Waals surface area (Å²) in [5.41, 5.74) is 1.01. The van der Waals surface area contributed by atoms with E-state index in [-0.39, 0.29) is 10.0 Å². The minimum atomic E-state index is -0.668. The first-order chi connectivity index (χ1) is 9.10. The minimum absolute atomic E-state index is 0.162. The Bertz CT molecular complexity index is 654. The van der Waals surface area contributed by atoms with Crippen LogP contribution in [0.4, 0.5) is 8.78 Å². The molecule has 1 nitrogen and oxygen atoms in total. The standard InChI is InChI=1S/C15H9BrF2O/c1-19-13-6-3-10(4-7-13)2-5-11-8-12(17)9-14(18)15(11)16/h3-4,6-9H,1H3. The van der Waals surface area contributed by atoms with E-state index in [4.69, 9.17) is 4.74 Å². The van der Waals surface area contributed by atoms with E-state index in [2.05, 4.69) is 27.8 Å². The highest BCUT2D eigenvalue weighted by Gasteiger charge is 2.06. The molecule has 0 heterocycles. The van der Waals surface area contributed by atoms with Crippen LogP contribution in [0, 0.1) is 23.5 Å². The van der Waals surface area contributed by atoms with Crippen LogP contribution in [0.1, 0.15) is 11.1 Å². The van der Waals surface area contributed by atoms with Gasteiger partial charge < -0.3 is 4.74 Å². The molecule has 0 amide bonds. The third-order valence-corrected chi connectivity index (χ3v) is 3.23. The van der Waals surface area contributed by atoms with Crippen LogP contribution in [0.3, 0.4) is 0 Å². The molecular formula is C15H9BrF2O. The van der Waals surface area contributed by atoms with Crippen molar-refractivity contribution in [2.24, 2.45) is 0 Å². The molecule has 0 fully saturated rings. The zero-order valence-corrected chi connectivity index (χ0v) is 11.6. The first kappa shape index (κ1) is 13.6. The van der Waals surface area contributed by atoms with Crippen LogP contribution in [0.15, 0.2) is 40.9 Å². The van der Waals surface area contributed by atoms with Crippen molar-refractivity contribution in [2.75, 3.05) is 7.11 Å². The number of ether oxygens (including phenoxy) is 1. The van der Waals surface area contributed by atoms with Crippen LogP contribution in [0.25, 0.3) is 0 Å². The van der Waals surface area contributed by atoms with Gasteiger partial charge in [-0.15, -0.1) is 0 Å². The van der Waals surface area contributed by atoms with E-state index < -0.39 is 11.6 Å². The van der Waals surface area contributed by atoms with E-state index in [0.29, 0.717) is 0 Å². The Kier molecular flexibility index (Phi) is 4.18. The summed E-state index contributed by atoms with van der Waals surface area (Å²) in [5.74, 6) is 4.97. The fourth-order valence-electron chi connectivity index (χ4n) is 1.46. The molecule has 0 spiro atoms. The highest BCUT2D eigenvalue weighted by molar-refractivity contribution is 9.10. The number of benzene rings is 2. The lowest BCUT2D eigenvalue weighted by molar-refractivity contribution is 0.415. The number of hydrogen-bond donors (Lipinski definition) is 0. The average Bonchev–Trinajstić information content (AvgIpc) is 2.41. The van der Waals surface area contributed by atoms with Gasteiger partial charge in [-0.1, -0.05) is 11.8 Å². The van der Waals surface area contributed by atoms with E-state index in [0.717, 1.165) is 17.4 Å². The van der Waals surface area contributed by atoms with Gasteiger partial charge in [0.05, 0.1) is 11.6 Å². The topological polar surface area (TPSA) is 9.23 Å². The second kappa shape index (κ2) is 5.85. The van der Waals surface area contributed by atoms with E-state index in [1.807, 2.05) is 0 Å². The molecule has 2 aromatic rings. The fourth-order valence-corrected chi connectivity index (χ4v) is 1.79. The Labute approximate surface area is 118 Å². The van der Waals surface area contributed by atoms with Gasteiger partial charge in [-0.2, -0.15) is 0 Å². The zero-order valence-electron chi connectivity index (χ0n) is 10.0. The third-order valence-electron chi connectivity index (χ3n) is 2.42. The molecule has 0 unspecified atom stereocenters. The van der Waals surface area contributed by atoms with Gasteiger partial charge in [0, 0.05) is 17.2 Å². The number of methoxy groups -OCH3 is 1. The molecule has 0 aliphatic rings. The van der Waals surface area contributed by atoms with Crippen molar-refractivity contribution in [2.45, 2.75) is 0 Å². The van der Waals surface area contributed by atoms with Gasteiger partial charge in [0.2, 0.25) is 0 Å². The van der Waals surface area contributed by atoms with E-state index in [1.54, 1.807) is 31.4 Å². The van der Waals surface area contributed by atoms with E-state index in [9.17, 15) is 8.78 Å². The van der Waals surface area contributed by atoms with Gasteiger partial charge in [-0.3, -0.25) is 0 Å². The van der Waals surface area contributed by atoms with Crippen molar-refractivity contribution in [3.8, 4) is 17.6 Å². The third kappa shape index (κ3) is 3.33. The first-order valence-corrected chi connectivity index (χ1v) is 6.20. The van der Waals surface area contributed by atoms with Crippen LogP contribution in [-0.2, 0) is 0 Å². The summed E-state index contributed by atoms with van der Waals surface area (Å²) >= 11 is 3.05. The molecule has 2 aromatic carbocycles. The summed E-state index contributed by atoms with van der Waals surface area (Å²) in [6.45, 7) is 0. The Morgan fingerprint density at radius 2 is 1.74 bits per heavy atom. The van der Waals surface area contributed by atoms with Crippen molar-refractivity contribution >= 4 is 15.9 Å². The SMILES string of the molecule is COc1ccc(C#Cc2cc(F)cc(F)c2Br)cc1. The molecule has 4 heteroatoms. The highest BCUT2D eigenvalue weighted by Crippen LogP contribution is 2.21. The molecule has 0 bridgehead atoms. The summed E-state index contributed by atoms with van der Waals surface area (Å²) in [4.78, 5) is 0. The molecule has 0 saturated carbocycles. The van der Waals surface area contributed by atoms with E-state index in [1.165, 1.54) is 6.07 Å². The first-order valence-electron chi connectivity index (χ1n) is 5.41. The predicted octanol–water partition coefficient (Wildman–Crippen LogP) is 4.14. The quantitative estimate of drug-likeness (QED) is 0.566. The second-order valence-corrected chi connectivity index (χ2v) is 4.52. The normalized spacial score (nSPS) is 9.68. The zero-order chi connectivity index (χ0) is 13.8. The van der Waals surface area contributed by atoms with Gasteiger partial charge in [0.1, 0.15) is 17.4 Å². The molecule has 0 aromatic heterocycles. The van der Waals surface area contributed by atoms with Crippen LogP contribution in [0.2, 0.25) is 0 Å². The Hall–Kier alpha value is -1.86. The van der Waals surface area contributed by atoms with Crippen LogP contribution in [0.5, 0.6) is 5.75 Å². The van der Waals surface area contributed by atoms with Crippen molar-refractivity contribution < 1.29 is 13.5 Å². The summed E-state index contributed by atoms with van der Waals surface area (Å²) in [6, 6.07) is 9.08. The highest BCUT2D eigenvalue weighted by atomic mass is 79.9. The molecule has 0 aliphatic carbocycles. The second-order valence-electron chi connectivity index (χ2n) is 3.73. The monoisotopic (exact) mass is 322 g/mol. The number of hydrogen-bond acceptors (Lipinski definition) is 1. The van der Waals surface area contributed by atoms with Gasteiger partial charge in [-0.25, -0.2) is 8.78 Å². The van der Waals surface area contributed by atoms with Crippen molar-refractivity contribution in [3.63, 3.8) is 0 Å². The van der Waals surface area contributed by atoms with Crippen LogP contribution in [-0.4, -0.2) is 7.11 Å². The molecule has 0 atom stereocenters. The van der Waals surface area contributed by atoms with Gasteiger partial charge in [0.15, 0.2) is 0 Å². The Balaban J connectivity index is 2.33. The maximum absolute atomic E-state index is 13.3. The smallest absolute Gasteiger partial charge is 0.141 e. The lowest BCUT2D eigenvalue weighted by Crippen LogP contribution is -1.87. The summed E-state index contributed by atoms with van der Waals surface area (Å²) in [5, 5.41) is 0. The van der Waals surface area contributed by atoms with Gasteiger partial charge in [-0.05, 0) is 46.3 Å². The van der Waals surface area contributed by atoms with Crippen LogP contribution < -0.4 is 4.74 Å². The van der Waals surface area contributed by atoms with Gasteiger partial charge >= 0.3 is 0 Å². The largest absolute Gasteiger partial charge is 0.497 e. The van der Waals surface area contributed by atoms with Crippen molar-refractivity contribution in [1.29, 1.82) is 0 Å². The molecule has 19 heavy (non-hydrogen) atoms. The molecule has 96 valence electrons. The molecular weight excluding hydrogens is 314 g/mol. The number of halogens is 3. The maximum atomic E-state index is 13.3.